The molecule has 122 valence electrons. The lowest BCUT2D eigenvalue weighted by atomic mass is 9.94. The number of rotatable bonds is 3. The normalized spacial score (nSPS) is 13.3. The quantitative estimate of drug-likeness (QED) is 0.944. The van der Waals surface area contributed by atoms with Crippen molar-refractivity contribution in [2.75, 3.05) is 7.05 Å². The van der Waals surface area contributed by atoms with Crippen molar-refractivity contribution >= 4 is 11.7 Å². The molecule has 5 nitrogen and oxygen atoms in total. The number of Topliss-reactive ketones (excluding diaryl/α,β-unsaturated/α-hetero) is 1. The van der Waals surface area contributed by atoms with E-state index in [4.69, 9.17) is 5.26 Å². The highest BCUT2D eigenvalue weighted by atomic mass is 16.2. The van der Waals surface area contributed by atoms with Gasteiger partial charge in [0.1, 0.15) is 5.69 Å². The van der Waals surface area contributed by atoms with Crippen LogP contribution < -0.4 is 0 Å². The highest BCUT2D eigenvalue weighted by molar-refractivity contribution is 6.04. The van der Waals surface area contributed by atoms with E-state index in [0.29, 0.717) is 29.8 Å². The number of nitrogens with one attached hydrogen (secondary N) is 1. The molecule has 1 aromatic heterocycles. The third-order valence-corrected chi connectivity index (χ3v) is 4.50. The number of aromatic nitrogens is 1. The van der Waals surface area contributed by atoms with Gasteiger partial charge < -0.3 is 9.88 Å². The fourth-order valence-electron chi connectivity index (χ4n) is 3.21. The van der Waals surface area contributed by atoms with E-state index < -0.39 is 0 Å². The van der Waals surface area contributed by atoms with Crippen LogP contribution in [0, 0.1) is 18.3 Å². The van der Waals surface area contributed by atoms with Crippen molar-refractivity contribution in [3.8, 4) is 6.07 Å². The van der Waals surface area contributed by atoms with Gasteiger partial charge in [0.25, 0.3) is 5.91 Å². The predicted molar refractivity (Wildman–Crippen MR) is 89.8 cm³/mol. The fraction of sp³-hybridized carbons (Fsp3) is 0.316. The number of hydrogen-bond donors (Lipinski definition) is 1. The van der Waals surface area contributed by atoms with Crippen molar-refractivity contribution in [1.29, 1.82) is 5.26 Å². The molecule has 1 heterocycles. The first-order valence-electron chi connectivity index (χ1n) is 8.00. The smallest absolute Gasteiger partial charge is 0.270 e. The standard InChI is InChI=1S/C19H19N3O2/c1-12-17-15(4-3-5-16(17)23)21-18(12)19(24)22(2)11-14-8-6-13(10-20)7-9-14/h6-9,21H,3-5,11H2,1-2H3. The summed E-state index contributed by atoms with van der Waals surface area (Å²) < 4.78 is 0. The Balaban J connectivity index is 1.81. The molecule has 0 spiro atoms. The Kier molecular flexibility index (Phi) is 4.22. The van der Waals surface area contributed by atoms with Gasteiger partial charge in [0.05, 0.1) is 11.6 Å². The van der Waals surface area contributed by atoms with Gasteiger partial charge >= 0.3 is 0 Å². The second-order valence-electron chi connectivity index (χ2n) is 6.23. The summed E-state index contributed by atoms with van der Waals surface area (Å²) in [6, 6.07) is 9.25. The van der Waals surface area contributed by atoms with Gasteiger partial charge in [0.15, 0.2) is 5.78 Å². The zero-order valence-corrected chi connectivity index (χ0v) is 13.8. The van der Waals surface area contributed by atoms with Gasteiger partial charge in [-0.05, 0) is 43.0 Å². The monoisotopic (exact) mass is 321 g/mol. The maximum atomic E-state index is 12.7. The largest absolute Gasteiger partial charge is 0.354 e. The molecule has 5 heteroatoms. The van der Waals surface area contributed by atoms with Gasteiger partial charge in [-0.3, -0.25) is 9.59 Å². The molecule has 0 saturated heterocycles. The Morgan fingerprint density at radius 1 is 1.29 bits per heavy atom. The molecule has 1 N–H and O–H groups in total. The molecule has 1 aliphatic rings. The van der Waals surface area contributed by atoms with Gasteiger partial charge in [-0.1, -0.05) is 12.1 Å². The number of nitriles is 1. The SMILES string of the molecule is Cc1c(C(=O)N(C)Cc2ccc(C#N)cc2)[nH]c2c1C(=O)CCC2. The summed E-state index contributed by atoms with van der Waals surface area (Å²) in [5.41, 5.74) is 4.40. The summed E-state index contributed by atoms with van der Waals surface area (Å²) in [5.74, 6) is -0.00199. The number of H-pyrrole nitrogens is 1. The number of amides is 1. The van der Waals surface area contributed by atoms with E-state index in [1.54, 1.807) is 24.1 Å². The average Bonchev–Trinajstić information content (AvgIpc) is 2.93. The second kappa shape index (κ2) is 6.32. The summed E-state index contributed by atoms with van der Waals surface area (Å²) in [6.45, 7) is 2.28. The molecule has 1 aromatic carbocycles. The number of fused-ring (bicyclic) bond motifs is 1. The van der Waals surface area contributed by atoms with Crippen molar-refractivity contribution in [3.05, 3.63) is 57.9 Å². The van der Waals surface area contributed by atoms with Crippen LogP contribution in [0.25, 0.3) is 0 Å². The maximum Gasteiger partial charge on any atom is 0.270 e. The lowest BCUT2D eigenvalue weighted by molar-refractivity contribution is 0.0779. The van der Waals surface area contributed by atoms with Crippen LogP contribution >= 0.6 is 0 Å². The summed E-state index contributed by atoms with van der Waals surface area (Å²) >= 11 is 0. The molecule has 0 saturated carbocycles. The molecule has 0 unspecified atom stereocenters. The average molecular weight is 321 g/mol. The van der Waals surface area contributed by atoms with Gasteiger partial charge in [-0.25, -0.2) is 0 Å². The Bertz CT molecular complexity index is 841. The number of nitrogens with zero attached hydrogens (tertiary/aromatic N) is 2. The van der Waals surface area contributed by atoms with Crippen molar-refractivity contribution in [2.45, 2.75) is 32.7 Å². The van der Waals surface area contributed by atoms with E-state index in [1.165, 1.54) is 0 Å². The third-order valence-electron chi connectivity index (χ3n) is 4.50. The summed E-state index contributed by atoms with van der Waals surface area (Å²) in [6.07, 6.45) is 2.20. The second-order valence-corrected chi connectivity index (χ2v) is 6.23. The van der Waals surface area contributed by atoms with E-state index in [1.807, 2.05) is 19.1 Å². The molecule has 0 fully saturated rings. The van der Waals surface area contributed by atoms with Crippen LogP contribution in [0.4, 0.5) is 0 Å². The lowest BCUT2D eigenvalue weighted by Crippen LogP contribution is -2.27. The zero-order valence-electron chi connectivity index (χ0n) is 13.8. The Morgan fingerprint density at radius 2 is 2.00 bits per heavy atom. The number of carbonyl (C=O) groups excluding carboxylic acids is 2. The molecule has 0 aliphatic heterocycles. The first kappa shape index (κ1) is 16.0. The maximum absolute atomic E-state index is 12.7. The molecule has 2 aromatic rings. The highest BCUT2D eigenvalue weighted by Crippen LogP contribution is 2.27. The van der Waals surface area contributed by atoms with Gasteiger partial charge in [0.2, 0.25) is 0 Å². The van der Waals surface area contributed by atoms with Gasteiger partial charge in [-0.15, -0.1) is 0 Å². The molecule has 0 bridgehead atoms. The minimum absolute atomic E-state index is 0.124. The van der Waals surface area contributed by atoms with Crippen LogP contribution in [0.15, 0.2) is 24.3 Å². The number of ketones is 1. The number of benzene rings is 1. The van der Waals surface area contributed by atoms with Gasteiger partial charge in [0, 0.05) is 31.3 Å². The first-order valence-corrected chi connectivity index (χ1v) is 8.00. The van der Waals surface area contributed by atoms with E-state index in [9.17, 15) is 9.59 Å². The summed E-state index contributed by atoms with van der Waals surface area (Å²) in [4.78, 5) is 29.6. The Hall–Kier alpha value is -2.87. The molecule has 0 radical (unpaired) electrons. The van der Waals surface area contributed by atoms with Crippen LogP contribution in [0.3, 0.4) is 0 Å². The number of aromatic amines is 1. The van der Waals surface area contributed by atoms with Crippen molar-refractivity contribution in [1.82, 2.24) is 9.88 Å². The van der Waals surface area contributed by atoms with Crippen LogP contribution in [0.5, 0.6) is 0 Å². The van der Waals surface area contributed by atoms with E-state index >= 15 is 0 Å². The molecule has 1 amide bonds. The van der Waals surface area contributed by atoms with E-state index in [-0.39, 0.29) is 11.7 Å². The first-order chi connectivity index (χ1) is 11.5. The zero-order chi connectivity index (χ0) is 17.3. The third kappa shape index (κ3) is 2.83. The Labute approximate surface area is 140 Å². The fourth-order valence-corrected chi connectivity index (χ4v) is 3.21. The lowest BCUT2D eigenvalue weighted by Gasteiger charge is -2.17. The summed E-state index contributed by atoms with van der Waals surface area (Å²) in [5, 5.41) is 8.83. The summed E-state index contributed by atoms with van der Waals surface area (Å²) in [7, 11) is 1.74. The molecule has 24 heavy (non-hydrogen) atoms. The number of carbonyl (C=O) groups is 2. The Morgan fingerprint density at radius 3 is 2.62 bits per heavy atom. The predicted octanol–water partition coefficient (Wildman–Crippen LogP) is 2.99. The van der Waals surface area contributed by atoms with Crippen LogP contribution in [0.2, 0.25) is 0 Å². The topological polar surface area (TPSA) is 77.0 Å². The molecule has 0 atom stereocenters. The van der Waals surface area contributed by atoms with E-state index in [2.05, 4.69) is 11.1 Å². The van der Waals surface area contributed by atoms with Crippen LogP contribution in [-0.2, 0) is 13.0 Å². The molecular weight excluding hydrogens is 302 g/mol. The number of hydrogen-bond acceptors (Lipinski definition) is 3. The molecule has 3 rings (SSSR count). The van der Waals surface area contributed by atoms with E-state index in [0.717, 1.165) is 29.7 Å². The molecule has 1 aliphatic carbocycles. The van der Waals surface area contributed by atoms with Gasteiger partial charge in [-0.2, -0.15) is 5.26 Å². The molecular formula is C19H19N3O2. The van der Waals surface area contributed by atoms with Crippen molar-refractivity contribution in [2.24, 2.45) is 0 Å². The van der Waals surface area contributed by atoms with Crippen molar-refractivity contribution in [3.63, 3.8) is 0 Å². The highest BCUT2D eigenvalue weighted by Gasteiger charge is 2.27. The van der Waals surface area contributed by atoms with Crippen LogP contribution in [0.1, 0.15) is 56.1 Å². The number of aryl methyl sites for hydroxylation is 1. The van der Waals surface area contributed by atoms with Crippen LogP contribution in [-0.4, -0.2) is 28.6 Å². The minimum Gasteiger partial charge on any atom is -0.354 e. The van der Waals surface area contributed by atoms with Crippen molar-refractivity contribution < 1.29 is 9.59 Å². The minimum atomic E-state index is -0.126.